The van der Waals surface area contributed by atoms with Crippen LogP contribution in [0.25, 0.3) is 5.70 Å². The lowest BCUT2D eigenvalue weighted by Crippen LogP contribution is -2.33. The van der Waals surface area contributed by atoms with Crippen LogP contribution in [0.1, 0.15) is 43.9 Å². The van der Waals surface area contributed by atoms with Crippen LogP contribution in [0.4, 0.5) is 0 Å². The normalized spacial score (nSPS) is 15.4. The number of carbonyl (C=O) groups is 1. The van der Waals surface area contributed by atoms with E-state index in [9.17, 15) is 4.79 Å². The van der Waals surface area contributed by atoms with Gasteiger partial charge < -0.3 is 9.73 Å². The summed E-state index contributed by atoms with van der Waals surface area (Å²) in [4.78, 5) is 14.9. The Labute approximate surface area is 184 Å². The number of amides is 1. The number of hydrogen-bond acceptors (Lipinski definition) is 3. The third kappa shape index (κ3) is 5.67. The molecule has 2 aliphatic rings. The molecule has 4 heteroatoms. The molecule has 0 atom stereocenters. The van der Waals surface area contributed by atoms with Crippen LogP contribution < -0.4 is 5.32 Å². The molecule has 1 aromatic carbocycles. The lowest BCUT2D eigenvalue weighted by Gasteiger charge is -2.30. The maximum Gasteiger partial charge on any atom is 0.231 e. The van der Waals surface area contributed by atoms with E-state index in [4.69, 9.17) is 4.42 Å². The van der Waals surface area contributed by atoms with Gasteiger partial charge in [0.1, 0.15) is 5.76 Å². The molecule has 1 aliphatic carbocycles. The summed E-state index contributed by atoms with van der Waals surface area (Å²) in [5, 5.41) is 3.57. The molecule has 0 bridgehead atoms. The molecule has 0 spiro atoms. The topological polar surface area (TPSA) is 45.5 Å². The maximum absolute atomic E-state index is 13.1. The second kappa shape index (κ2) is 10.9. The molecule has 0 fully saturated rings. The second-order valence-electron chi connectivity index (χ2n) is 7.38. The van der Waals surface area contributed by atoms with Gasteiger partial charge in [-0.2, -0.15) is 0 Å². The number of terminal acetylenes is 1. The molecule has 2 heterocycles. The van der Waals surface area contributed by atoms with Crippen molar-refractivity contribution in [2.24, 2.45) is 0 Å². The summed E-state index contributed by atoms with van der Waals surface area (Å²) in [5.74, 6) is 0.902. The lowest BCUT2D eigenvalue weighted by molar-refractivity contribution is -0.127. The third-order valence-corrected chi connectivity index (χ3v) is 5.31. The van der Waals surface area contributed by atoms with Gasteiger partial charge in [-0.05, 0) is 43.0 Å². The van der Waals surface area contributed by atoms with E-state index in [2.05, 4.69) is 48.5 Å². The van der Waals surface area contributed by atoms with Gasteiger partial charge in [-0.3, -0.25) is 9.69 Å². The first-order valence-electron chi connectivity index (χ1n) is 10.5. The summed E-state index contributed by atoms with van der Waals surface area (Å²) < 4.78 is 5.38. The van der Waals surface area contributed by atoms with Crippen LogP contribution in [-0.2, 0) is 11.2 Å². The van der Waals surface area contributed by atoms with Gasteiger partial charge in [-0.1, -0.05) is 48.6 Å². The van der Waals surface area contributed by atoms with E-state index < -0.39 is 0 Å². The molecule has 0 saturated carbocycles. The maximum atomic E-state index is 13.1. The van der Waals surface area contributed by atoms with Crippen LogP contribution in [0.15, 0.2) is 94.5 Å². The molecular formula is C27H28N2O2. The SMILES string of the molecule is C#C.CC1=C(CC2=CCCC=C2)NC(c2ccccc2)=CN1C(=O)CCc1ccco1. The summed E-state index contributed by atoms with van der Waals surface area (Å²) in [6, 6.07) is 13.9. The van der Waals surface area contributed by atoms with Crippen LogP contribution in [0, 0.1) is 12.8 Å². The van der Waals surface area contributed by atoms with Crippen molar-refractivity contribution in [1.29, 1.82) is 0 Å². The van der Waals surface area contributed by atoms with E-state index in [1.165, 1.54) is 5.57 Å². The monoisotopic (exact) mass is 412 g/mol. The lowest BCUT2D eigenvalue weighted by atomic mass is 10.00. The molecule has 4 rings (SSSR count). The van der Waals surface area contributed by atoms with Gasteiger partial charge in [-0.25, -0.2) is 0 Å². The standard InChI is InChI=1S/C25H26N2O2.C2H2/c1-19-23(17-20-9-4-2-5-10-20)26-24(21-11-6-3-7-12-21)18-27(19)25(28)15-14-22-13-8-16-29-22;1-2/h3-4,6-13,16,18,26H,2,5,14-15,17H2,1H3;1-2H. The van der Waals surface area contributed by atoms with Gasteiger partial charge in [0.25, 0.3) is 0 Å². The molecule has 2 aromatic rings. The second-order valence-corrected chi connectivity index (χ2v) is 7.38. The fourth-order valence-corrected chi connectivity index (χ4v) is 3.66. The van der Waals surface area contributed by atoms with Crippen molar-refractivity contribution in [3.8, 4) is 12.8 Å². The van der Waals surface area contributed by atoms with E-state index in [1.54, 1.807) is 11.2 Å². The van der Waals surface area contributed by atoms with Crippen LogP contribution >= 0.6 is 0 Å². The van der Waals surface area contributed by atoms with Crippen molar-refractivity contribution in [3.05, 3.63) is 101 Å². The number of nitrogens with zero attached hydrogens (tertiary/aromatic N) is 1. The summed E-state index contributed by atoms with van der Waals surface area (Å²) in [7, 11) is 0. The average molecular weight is 413 g/mol. The Kier molecular flexibility index (Phi) is 7.73. The quantitative estimate of drug-likeness (QED) is 0.611. The van der Waals surface area contributed by atoms with Crippen molar-refractivity contribution < 1.29 is 9.21 Å². The predicted octanol–water partition coefficient (Wildman–Crippen LogP) is 5.79. The predicted molar refractivity (Wildman–Crippen MR) is 125 cm³/mol. The Balaban J connectivity index is 0.00000132. The number of hydrogen-bond donors (Lipinski definition) is 1. The van der Waals surface area contributed by atoms with Crippen molar-refractivity contribution in [2.45, 2.75) is 39.0 Å². The summed E-state index contributed by atoms with van der Waals surface area (Å²) in [6.07, 6.45) is 22.2. The minimum Gasteiger partial charge on any atom is -0.469 e. The molecule has 1 amide bonds. The Morgan fingerprint density at radius 1 is 1.13 bits per heavy atom. The van der Waals surface area contributed by atoms with Crippen LogP contribution in [0.2, 0.25) is 0 Å². The Bertz CT molecular complexity index is 1020. The number of allylic oxidation sites excluding steroid dienone is 5. The highest BCUT2D eigenvalue weighted by Gasteiger charge is 2.23. The van der Waals surface area contributed by atoms with Crippen molar-refractivity contribution >= 4 is 11.6 Å². The smallest absolute Gasteiger partial charge is 0.231 e. The Morgan fingerprint density at radius 2 is 1.94 bits per heavy atom. The summed E-state index contributed by atoms with van der Waals surface area (Å²) in [5.41, 5.74) is 5.31. The van der Waals surface area contributed by atoms with E-state index >= 15 is 0 Å². The van der Waals surface area contributed by atoms with Gasteiger partial charge >= 0.3 is 0 Å². The van der Waals surface area contributed by atoms with E-state index in [-0.39, 0.29) is 5.91 Å². The Hall–Kier alpha value is -3.71. The summed E-state index contributed by atoms with van der Waals surface area (Å²) >= 11 is 0. The summed E-state index contributed by atoms with van der Waals surface area (Å²) in [6.45, 7) is 2.01. The highest BCUT2D eigenvalue weighted by atomic mass is 16.3. The van der Waals surface area contributed by atoms with Crippen LogP contribution in [0.3, 0.4) is 0 Å². The number of aryl methyl sites for hydroxylation is 1. The zero-order valence-electron chi connectivity index (χ0n) is 17.9. The first kappa shape index (κ1) is 22.0. The van der Waals surface area contributed by atoms with Gasteiger partial charge in [0, 0.05) is 36.9 Å². The van der Waals surface area contributed by atoms with Gasteiger partial charge in [0.15, 0.2) is 0 Å². The molecule has 31 heavy (non-hydrogen) atoms. The van der Waals surface area contributed by atoms with Crippen molar-refractivity contribution in [3.63, 3.8) is 0 Å². The fraction of sp³-hybridized carbons (Fsp3) is 0.222. The number of rotatable bonds is 6. The molecule has 158 valence electrons. The number of benzene rings is 1. The highest BCUT2D eigenvalue weighted by molar-refractivity contribution is 5.83. The zero-order chi connectivity index (χ0) is 22.1. The highest BCUT2D eigenvalue weighted by Crippen LogP contribution is 2.28. The molecule has 0 unspecified atom stereocenters. The minimum atomic E-state index is 0.0690. The number of carbonyl (C=O) groups excluding carboxylic acids is 1. The molecule has 1 aromatic heterocycles. The first-order valence-corrected chi connectivity index (χ1v) is 10.5. The van der Waals surface area contributed by atoms with E-state index in [0.29, 0.717) is 12.8 Å². The number of furan rings is 1. The molecule has 0 saturated heterocycles. The van der Waals surface area contributed by atoms with E-state index in [1.807, 2.05) is 43.5 Å². The average Bonchev–Trinajstić information content (AvgIpc) is 3.35. The first-order chi connectivity index (χ1) is 15.2. The van der Waals surface area contributed by atoms with Gasteiger partial charge in [0.2, 0.25) is 5.91 Å². The third-order valence-electron chi connectivity index (χ3n) is 5.31. The fourth-order valence-electron chi connectivity index (χ4n) is 3.66. The van der Waals surface area contributed by atoms with Gasteiger partial charge in [0.05, 0.1) is 12.0 Å². The molecule has 0 radical (unpaired) electrons. The van der Waals surface area contributed by atoms with E-state index in [0.717, 1.165) is 47.7 Å². The van der Waals surface area contributed by atoms with Crippen molar-refractivity contribution in [2.75, 3.05) is 0 Å². The van der Waals surface area contributed by atoms with Gasteiger partial charge in [-0.15, -0.1) is 12.8 Å². The van der Waals surface area contributed by atoms with Crippen LogP contribution in [0.5, 0.6) is 0 Å². The molecule has 1 N–H and O–H groups in total. The molecule has 1 aliphatic heterocycles. The number of nitrogens with one attached hydrogen (secondary N) is 1. The van der Waals surface area contributed by atoms with Crippen molar-refractivity contribution in [1.82, 2.24) is 10.2 Å². The minimum absolute atomic E-state index is 0.0690. The zero-order valence-corrected chi connectivity index (χ0v) is 17.9. The molecule has 4 nitrogen and oxygen atoms in total. The molecular weight excluding hydrogens is 384 g/mol. The van der Waals surface area contributed by atoms with Crippen LogP contribution in [-0.4, -0.2) is 10.8 Å². The largest absolute Gasteiger partial charge is 0.469 e. The Morgan fingerprint density at radius 3 is 2.61 bits per heavy atom.